The van der Waals surface area contributed by atoms with Crippen LogP contribution in [0.3, 0.4) is 0 Å². The zero-order chi connectivity index (χ0) is 28.3. The van der Waals surface area contributed by atoms with E-state index < -0.39 is 53.0 Å². The molecule has 2 heterocycles. The Morgan fingerprint density at radius 3 is 2.59 bits per heavy atom. The number of aryl methyl sites for hydroxylation is 2. The van der Waals surface area contributed by atoms with E-state index in [1.165, 1.54) is 22.3 Å². The van der Waals surface area contributed by atoms with Crippen LogP contribution in [0.2, 0.25) is 0 Å². The monoisotopic (exact) mass is 560 g/mol. The number of carbonyl (C=O) groups excluding carboxylic acids is 3. The van der Waals surface area contributed by atoms with Crippen molar-refractivity contribution >= 4 is 29.1 Å². The van der Waals surface area contributed by atoms with Crippen molar-refractivity contribution < 1.29 is 28.3 Å². The molecule has 11 heteroatoms. The fraction of sp³-hybridized carbons (Fsp3) is 0.571. The molecule has 210 valence electrons. The zero-order valence-corrected chi connectivity index (χ0v) is 23.3. The average molecular weight is 561 g/mol. The minimum atomic E-state index is -1.95. The van der Waals surface area contributed by atoms with Crippen LogP contribution in [0, 0.1) is 18.2 Å². The van der Waals surface area contributed by atoms with Crippen molar-refractivity contribution in [3.63, 3.8) is 0 Å². The summed E-state index contributed by atoms with van der Waals surface area (Å²) in [6, 6.07) is 0.800. The van der Waals surface area contributed by atoms with Crippen LogP contribution in [-0.4, -0.2) is 63.1 Å². The third-order valence-corrected chi connectivity index (χ3v) is 8.92. The lowest BCUT2D eigenvalue weighted by atomic mass is 9.85. The number of aliphatic hydroxyl groups is 1. The Bertz CT molecular complexity index is 1320. The van der Waals surface area contributed by atoms with E-state index in [9.17, 15) is 23.9 Å². The molecule has 8 nitrogen and oxygen atoms in total. The van der Waals surface area contributed by atoms with Crippen molar-refractivity contribution in [1.29, 1.82) is 0 Å². The number of likely N-dealkylation sites (tertiary alicyclic amines) is 1. The molecular formula is C28H34F2N4O4S. The number of rotatable bonds is 6. The van der Waals surface area contributed by atoms with E-state index in [-0.39, 0.29) is 31.6 Å². The van der Waals surface area contributed by atoms with Gasteiger partial charge in [0.1, 0.15) is 17.9 Å². The quantitative estimate of drug-likeness (QED) is 0.502. The number of benzene rings is 1. The predicted octanol–water partition coefficient (Wildman–Crippen LogP) is 3.36. The molecule has 1 aromatic carbocycles. The summed E-state index contributed by atoms with van der Waals surface area (Å²) in [4.78, 5) is 45.8. The molecule has 2 aromatic rings. The van der Waals surface area contributed by atoms with E-state index in [4.69, 9.17) is 0 Å². The van der Waals surface area contributed by atoms with Crippen molar-refractivity contribution in [2.45, 2.75) is 89.7 Å². The molecule has 0 radical (unpaired) electrons. The van der Waals surface area contributed by atoms with Gasteiger partial charge in [0, 0.05) is 18.5 Å². The summed E-state index contributed by atoms with van der Waals surface area (Å²) in [6.07, 6.45) is 0.583. The first-order valence-electron chi connectivity index (χ1n) is 13.3. The molecule has 39 heavy (non-hydrogen) atoms. The van der Waals surface area contributed by atoms with Crippen LogP contribution in [0.25, 0.3) is 10.4 Å². The number of β-amino-alcohol motifs (C(OH)–C–C–N with tert-alkyl or cyclic N) is 1. The van der Waals surface area contributed by atoms with Crippen molar-refractivity contribution in [2.75, 3.05) is 6.54 Å². The Kier molecular flexibility index (Phi) is 7.03. The van der Waals surface area contributed by atoms with Gasteiger partial charge in [-0.25, -0.2) is 13.8 Å². The van der Waals surface area contributed by atoms with Gasteiger partial charge < -0.3 is 20.6 Å². The van der Waals surface area contributed by atoms with E-state index >= 15 is 4.39 Å². The van der Waals surface area contributed by atoms with Crippen LogP contribution in [0.4, 0.5) is 8.78 Å². The van der Waals surface area contributed by atoms with Crippen molar-refractivity contribution in [1.82, 2.24) is 20.5 Å². The first kappa shape index (κ1) is 27.6. The van der Waals surface area contributed by atoms with Gasteiger partial charge in [-0.15, -0.1) is 11.3 Å². The maximum absolute atomic E-state index is 15.1. The first-order chi connectivity index (χ1) is 18.3. The molecule has 1 aliphatic heterocycles. The lowest BCUT2D eigenvalue weighted by molar-refractivity contribution is -0.145. The molecule has 3 amide bonds. The number of fused-ring (bicyclic) bond motifs is 1. The number of halogens is 2. The van der Waals surface area contributed by atoms with E-state index in [0.717, 1.165) is 16.1 Å². The summed E-state index contributed by atoms with van der Waals surface area (Å²) >= 11 is 1.38. The second-order valence-electron chi connectivity index (χ2n) is 12.0. The number of alkyl halides is 1. The van der Waals surface area contributed by atoms with Crippen LogP contribution in [0.1, 0.15) is 69.3 Å². The summed E-state index contributed by atoms with van der Waals surface area (Å²) in [5.41, 5.74) is 1.86. The highest BCUT2D eigenvalue weighted by Gasteiger charge is 2.53. The van der Waals surface area contributed by atoms with Gasteiger partial charge in [0.2, 0.25) is 11.8 Å². The molecule has 1 saturated carbocycles. The SMILES string of the molecule is Cc1ncsc1-c1cc2c(cc1F)C(NC(=O)[C@@H]1C[C@@H](O)CN1C(=O)[C@@H](NC(=O)C1(F)CC1)C(C)(C)C)CC2. The molecule has 2 aliphatic carbocycles. The summed E-state index contributed by atoms with van der Waals surface area (Å²) < 4.78 is 29.5. The number of nitrogens with zero attached hydrogens (tertiary/aromatic N) is 2. The van der Waals surface area contributed by atoms with E-state index in [2.05, 4.69) is 15.6 Å². The molecule has 5 rings (SSSR count). The number of aliphatic hydroxyl groups excluding tert-OH is 1. The van der Waals surface area contributed by atoms with Crippen LogP contribution in [-0.2, 0) is 20.8 Å². The number of thiazole rings is 1. The number of carbonyl (C=O) groups is 3. The van der Waals surface area contributed by atoms with Crippen LogP contribution in [0.5, 0.6) is 0 Å². The molecule has 1 unspecified atom stereocenters. The van der Waals surface area contributed by atoms with Crippen molar-refractivity contribution in [2.24, 2.45) is 5.41 Å². The highest BCUT2D eigenvalue weighted by atomic mass is 32.1. The van der Waals surface area contributed by atoms with Gasteiger partial charge in [-0.05, 0) is 61.3 Å². The van der Waals surface area contributed by atoms with Gasteiger partial charge in [0.25, 0.3) is 5.91 Å². The maximum atomic E-state index is 15.1. The topological polar surface area (TPSA) is 112 Å². The first-order valence-corrected chi connectivity index (χ1v) is 14.2. The average Bonchev–Trinajstić information content (AvgIpc) is 3.16. The maximum Gasteiger partial charge on any atom is 0.258 e. The Balaban J connectivity index is 1.33. The van der Waals surface area contributed by atoms with E-state index in [1.54, 1.807) is 26.3 Å². The largest absolute Gasteiger partial charge is 0.391 e. The number of aromatic nitrogens is 1. The summed E-state index contributed by atoms with van der Waals surface area (Å²) in [5, 5.41) is 15.9. The number of hydrogen-bond donors (Lipinski definition) is 3. The lowest BCUT2D eigenvalue weighted by Gasteiger charge is -2.35. The Morgan fingerprint density at radius 1 is 1.26 bits per heavy atom. The van der Waals surface area contributed by atoms with E-state index in [0.29, 0.717) is 24.0 Å². The Labute approximate surface area is 230 Å². The highest BCUT2D eigenvalue weighted by molar-refractivity contribution is 7.13. The minimum Gasteiger partial charge on any atom is -0.391 e. The van der Waals surface area contributed by atoms with E-state index in [1.807, 2.05) is 13.0 Å². The fourth-order valence-electron chi connectivity index (χ4n) is 5.50. The van der Waals surface area contributed by atoms with Gasteiger partial charge in [-0.3, -0.25) is 14.4 Å². The molecular weight excluding hydrogens is 526 g/mol. The predicted molar refractivity (Wildman–Crippen MR) is 142 cm³/mol. The van der Waals surface area contributed by atoms with Crippen molar-refractivity contribution in [3.8, 4) is 10.4 Å². The molecule has 2 fully saturated rings. The van der Waals surface area contributed by atoms with Gasteiger partial charge in [-0.2, -0.15) is 0 Å². The van der Waals surface area contributed by atoms with Gasteiger partial charge >= 0.3 is 0 Å². The summed E-state index contributed by atoms with van der Waals surface area (Å²) in [7, 11) is 0. The standard InChI is InChI=1S/C28H34F2N4O4S/c1-14-22(39-13-31-14)18-9-15-5-6-20(17(15)11-19(18)29)32-24(36)21-10-16(35)12-34(21)25(37)23(27(2,3)4)33-26(38)28(30)7-8-28/h9,11,13,16,20-21,23,35H,5-8,10,12H2,1-4H3,(H,32,36)(H,33,38)/t16-,20?,21+,23-/m1/s1. The molecule has 3 aliphatic rings. The fourth-order valence-corrected chi connectivity index (χ4v) is 6.32. The Morgan fingerprint density at radius 2 is 1.97 bits per heavy atom. The van der Waals surface area contributed by atoms with Crippen molar-refractivity contribution in [3.05, 3.63) is 40.3 Å². The van der Waals surface area contributed by atoms with Gasteiger partial charge in [0.15, 0.2) is 5.67 Å². The molecule has 0 spiro atoms. The Hall–Kier alpha value is -2.92. The number of amides is 3. The molecule has 0 bridgehead atoms. The zero-order valence-electron chi connectivity index (χ0n) is 22.5. The number of hydrogen-bond acceptors (Lipinski definition) is 6. The molecule has 1 aromatic heterocycles. The third kappa shape index (κ3) is 5.30. The summed E-state index contributed by atoms with van der Waals surface area (Å²) in [6.45, 7) is 7.01. The van der Waals surface area contributed by atoms with Crippen LogP contribution in [0.15, 0.2) is 17.6 Å². The number of nitrogens with one attached hydrogen (secondary N) is 2. The summed E-state index contributed by atoms with van der Waals surface area (Å²) in [5.74, 6) is -2.21. The minimum absolute atomic E-state index is 0.0347. The highest BCUT2D eigenvalue weighted by Crippen LogP contribution is 2.41. The second-order valence-corrected chi connectivity index (χ2v) is 12.9. The van der Waals surface area contributed by atoms with Crippen LogP contribution >= 0.6 is 11.3 Å². The second kappa shape index (κ2) is 9.92. The normalized spacial score (nSPS) is 24.3. The molecule has 3 N–H and O–H groups in total. The van der Waals surface area contributed by atoms with Crippen LogP contribution < -0.4 is 10.6 Å². The van der Waals surface area contributed by atoms with Gasteiger partial charge in [0.05, 0.1) is 28.2 Å². The molecule has 4 atom stereocenters. The smallest absolute Gasteiger partial charge is 0.258 e. The van der Waals surface area contributed by atoms with Gasteiger partial charge in [-0.1, -0.05) is 20.8 Å². The lowest BCUT2D eigenvalue weighted by Crippen LogP contribution is -2.59. The third-order valence-electron chi connectivity index (χ3n) is 7.96. The molecule has 1 saturated heterocycles.